The lowest BCUT2D eigenvalue weighted by molar-refractivity contribution is 1.18. The van der Waals surface area contributed by atoms with E-state index in [2.05, 4.69) is 152 Å². The smallest absolute Gasteiger partial charge is 0.160 e. The van der Waals surface area contributed by atoms with Crippen molar-refractivity contribution in [3.05, 3.63) is 188 Å². The molecule has 0 unspecified atom stereocenters. The average Bonchev–Trinajstić information content (AvgIpc) is 3.24. The zero-order chi connectivity index (χ0) is 34.4. The van der Waals surface area contributed by atoms with Crippen molar-refractivity contribution >= 4 is 43.2 Å². The third kappa shape index (κ3) is 5.10. The van der Waals surface area contributed by atoms with Gasteiger partial charge in [-0.05, 0) is 44.8 Å². The zero-order valence-electron chi connectivity index (χ0n) is 28.2. The second kappa shape index (κ2) is 12.4. The quantitative estimate of drug-likeness (QED) is 0.172. The Hall–Kier alpha value is -6.97. The van der Waals surface area contributed by atoms with Crippen molar-refractivity contribution < 1.29 is 0 Å². The Kier molecular flexibility index (Phi) is 7.14. The van der Waals surface area contributed by atoms with E-state index < -0.39 is 0 Å². The van der Waals surface area contributed by atoms with Gasteiger partial charge in [0.1, 0.15) is 0 Å². The van der Waals surface area contributed by atoms with Gasteiger partial charge in [0.05, 0.1) is 22.6 Å². The summed E-state index contributed by atoms with van der Waals surface area (Å²) in [4.78, 5) is 15.4. The molecule has 2 aromatic heterocycles. The van der Waals surface area contributed by atoms with Gasteiger partial charge in [0.15, 0.2) is 5.82 Å². The van der Waals surface area contributed by atoms with E-state index in [1.54, 1.807) is 0 Å². The van der Waals surface area contributed by atoms with Crippen molar-refractivity contribution in [3.63, 3.8) is 0 Å². The lowest BCUT2D eigenvalue weighted by Gasteiger charge is -2.16. The third-order valence-electron chi connectivity index (χ3n) is 10.1. The molecule has 0 aliphatic heterocycles. The van der Waals surface area contributed by atoms with Gasteiger partial charge in [-0.15, -0.1) is 0 Å². The van der Waals surface area contributed by atoms with Gasteiger partial charge in [0, 0.05) is 38.4 Å². The van der Waals surface area contributed by atoms with Gasteiger partial charge >= 0.3 is 0 Å². The van der Waals surface area contributed by atoms with Crippen molar-refractivity contribution in [1.29, 1.82) is 0 Å². The summed E-state index contributed by atoms with van der Waals surface area (Å²) in [5, 5.41) is 8.60. The molecular formula is C49H31N3. The summed E-state index contributed by atoms with van der Waals surface area (Å²) in [5.74, 6) is 0.705. The predicted octanol–water partition coefficient (Wildman–Crippen LogP) is 12.8. The molecule has 0 saturated heterocycles. The monoisotopic (exact) mass is 661 g/mol. The molecule has 0 atom stereocenters. The number of rotatable bonds is 5. The molecule has 10 aromatic rings. The first-order valence-corrected chi connectivity index (χ1v) is 17.6. The minimum Gasteiger partial charge on any atom is -0.247 e. The first-order chi connectivity index (χ1) is 25.8. The predicted molar refractivity (Wildman–Crippen MR) is 217 cm³/mol. The molecule has 10 rings (SSSR count). The second-order valence-electron chi connectivity index (χ2n) is 13.2. The Morgan fingerprint density at radius 2 is 0.692 bits per heavy atom. The van der Waals surface area contributed by atoms with Crippen LogP contribution in [0.5, 0.6) is 0 Å². The van der Waals surface area contributed by atoms with Crippen molar-refractivity contribution in [1.82, 2.24) is 15.0 Å². The summed E-state index contributed by atoms with van der Waals surface area (Å²) in [6.07, 6.45) is 0. The number of aromatic nitrogens is 3. The molecule has 3 heteroatoms. The Morgan fingerprint density at radius 1 is 0.269 bits per heavy atom. The summed E-state index contributed by atoms with van der Waals surface area (Å²) in [6, 6.07) is 66.1. The number of para-hydroxylation sites is 1. The fourth-order valence-electron chi connectivity index (χ4n) is 7.56. The van der Waals surface area contributed by atoms with E-state index in [0.717, 1.165) is 56.0 Å². The van der Waals surface area contributed by atoms with E-state index in [4.69, 9.17) is 15.0 Å². The zero-order valence-corrected chi connectivity index (χ0v) is 28.2. The Bertz CT molecular complexity index is 2860. The van der Waals surface area contributed by atoms with E-state index in [-0.39, 0.29) is 0 Å². The second-order valence-corrected chi connectivity index (χ2v) is 13.2. The standard InChI is InChI=1S/C49H31N3/c1-3-13-34(14-4-1)44-31-45(35-15-5-2-6-16-35)52-49(51-44)37-29-25-33(26-30-37)32-23-27-36(28-24-32)48-47-41-20-10-8-18-39(41)38-17-7-9-19-40(38)46(47)42-21-11-12-22-43(42)50-48/h1-31H. The summed E-state index contributed by atoms with van der Waals surface area (Å²) < 4.78 is 0. The lowest BCUT2D eigenvalue weighted by Crippen LogP contribution is -1.96. The van der Waals surface area contributed by atoms with Gasteiger partial charge < -0.3 is 0 Å². The van der Waals surface area contributed by atoms with Gasteiger partial charge in [-0.25, -0.2) is 15.0 Å². The van der Waals surface area contributed by atoms with Crippen molar-refractivity contribution in [2.75, 3.05) is 0 Å². The number of nitrogens with zero attached hydrogens (tertiary/aromatic N) is 3. The molecule has 0 bridgehead atoms. The Balaban J connectivity index is 1.06. The molecule has 0 aliphatic carbocycles. The van der Waals surface area contributed by atoms with Gasteiger partial charge in [0.2, 0.25) is 0 Å². The fraction of sp³-hybridized carbons (Fsp3) is 0. The van der Waals surface area contributed by atoms with Crippen LogP contribution in [0.3, 0.4) is 0 Å². The molecule has 0 N–H and O–H groups in total. The van der Waals surface area contributed by atoms with Crippen molar-refractivity contribution in [2.45, 2.75) is 0 Å². The molecule has 2 heterocycles. The number of hydrogen-bond donors (Lipinski definition) is 0. The van der Waals surface area contributed by atoms with Crippen LogP contribution >= 0.6 is 0 Å². The molecule has 3 nitrogen and oxygen atoms in total. The van der Waals surface area contributed by atoms with Gasteiger partial charge in [0.25, 0.3) is 0 Å². The van der Waals surface area contributed by atoms with E-state index in [0.29, 0.717) is 5.82 Å². The minimum absolute atomic E-state index is 0.705. The maximum absolute atomic E-state index is 5.32. The lowest BCUT2D eigenvalue weighted by atomic mass is 9.89. The number of fused-ring (bicyclic) bond motifs is 8. The highest BCUT2D eigenvalue weighted by atomic mass is 14.9. The first kappa shape index (κ1) is 29.9. The van der Waals surface area contributed by atoms with E-state index in [9.17, 15) is 0 Å². The van der Waals surface area contributed by atoms with Crippen molar-refractivity contribution in [3.8, 4) is 56.3 Å². The molecule has 0 amide bonds. The molecule has 0 fully saturated rings. The van der Waals surface area contributed by atoms with Crippen LogP contribution in [0.4, 0.5) is 0 Å². The highest BCUT2D eigenvalue weighted by molar-refractivity contribution is 6.33. The molecule has 0 aliphatic rings. The van der Waals surface area contributed by atoms with Gasteiger partial charge in [-0.3, -0.25) is 0 Å². The topological polar surface area (TPSA) is 38.7 Å². The van der Waals surface area contributed by atoms with Gasteiger partial charge in [-0.2, -0.15) is 0 Å². The summed E-state index contributed by atoms with van der Waals surface area (Å²) >= 11 is 0. The number of benzene rings is 8. The number of hydrogen-bond acceptors (Lipinski definition) is 3. The summed E-state index contributed by atoms with van der Waals surface area (Å²) in [6.45, 7) is 0. The molecule has 0 radical (unpaired) electrons. The summed E-state index contributed by atoms with van der Waals surface area (Å²) in [5.41, 5.74) is 10.3. The normalized spacial score (nSPS) is 11.5. The molecular weight excluding hydrogens is 631 g/mol. The Labute approximate surface area is 301 Å². The van der Waals surface area contributed by atoms with Crippen LogP contribution in [-0.2, 0) is 0 Å². The minimum atomic E-state index is 0.705. The van der Waals surface area contributed by atoms with E-state index in [1.165, 1.54) is 37.7 Å². The maximum Gasteiger partial charge on any atom is 0.160 e. The molecule has 242 valence electrons. The Morgan fingerprint density at radius 3 is 1.25 bits per heavy atom. The van der Waals surface area contributed by atoms with Gasteiger partial charge in [-0.1, -0.05) is 176 Å². The highest BCUT2D eigenvalue weighted by Crippen LogP contribution is 2.43. The largest absolute Gasteiger partial charge is 0.247 e. The molecule has 0 spiro atoms. The average molecular weight is 662 g/mol. The molecule has 52 heavy (non-hydrogen) atoms. The van der Waals surface area contributed by atoms with Crippen molar-refractivity contribution in [2.24, 2.45) is 0 Å². The van der Waals surface area contributed by atoms with Crippen LogP contribution in [0.2, 0.25) is 0 Å². The van der Waals surface area contributed by atoms with Crippen LogP contribution < -0.4 is 0 Å². The highest BCUT2D eigenvalue weighted by Gasteiger charge is 2.17. The van der Waals surface area contributed by atoms with E-state index >= 15 is 0 Å². The third-order valence-corrected chi connectivity index (χ3v) is 10.1. The summed E-state index contributed by atoms with van der Waals surface area (Å²) in [7, 11) is 0. The maximum atomic E-state index is 5.32. The fourth-order valence-corrected chi connectivity index (χ4v) is 7.56. The van der Waals surface area contributed by atoms with Crippen LogP contribution in [0.1, 0.15) is 0 Å². The van der Waals surface area contributed by atoms with Crippen LogP contribution in [-0.4, -0.2) is 15.0 Å². The van der Waals surface area contributed by atoms with Crippen LogP contribution in [0.25, 0.3) is 99.5 Å². The molecule has 0 saturated carbocycles. The van der Waals surface area contributed by atoms with Crippen LogP contribution in [0, 0.1) is 0 Å². The SMILES string of the molecule is c1ccc(-c2cc(-c3ccccc3)nc(-c3ccc(-c4ccc(-c5nc6ccccc6c6c7ccccc7c7ccccc7c56)cc4)cc3)n2)cc1. The molecule has 8 aromatic carbocycles. The van der Waals surface area contributed by atoms with Crippen LogP contribution in [0.15, 0.2) is 188 Å². The first-order valence-electron chi connectivity index (χ1n) is 17.6. The van der Waals surface area contributed by atoms with E-state index in [1.807, 2.05) is 36.4 Å². The number of pyridine rings is 1.